The fourth-order valence-electron chi connectivity index (χ4n) is 2.60. The van der Waals surface area contributed by atoms with Crippen molar-refractivity contribution >= 4 is 36.9 Å². The molecule has 0 saturated carbocycles. The van der Waals surface area contributed by atoms with Gasteiger partial charge in [-0.3, -0.25) is 4.79 Å². The molecule has 0 radical (unpaired) electrons. The van der Waals surface area contributed by atoms with Crippen LogP contribution in [0.4, 0.5) is 0 Å². The van der Waals surface area contributed by atoms with Crippen molar-refractivity contribution in [2.24, 2.45) is 0 Å². The Morgan fingerprint density at radius 3 is 1.69 bits per heavy atom. The smallest absolute Gasteiger partial charge is 0.317 e. The Morgan fingerprint density at radius 2 is 1.31 bits per heavy atom. The average molecular weight is 378 g/mol. The minimum atomic E-state index is -0.822. The predicted octanol–water partition coefficient (Wildman–Crippen LogP) is 5.01. The number of carboxylic acids is 1. The molecule has 0 amide bonds. The summed E-state index contributed by atoms with van der Waals surface area (Å²) in [6.45, 7) is 2.31. The summed E-state index contributed by atoms with van der Waals surface area (Å²) in [7, 11) is 1.59. The zero-order chi connectivity index (χ0) is 19.9. The molecule has 0 aliphatic heterocycles. The van der Waals surface area contributed by atoms with Gasteiger partial charge in [-0.2, -0.15) is 0 Å². The van der Waals surface area contributed by atoms with Crippen LogP contribution >= 0.6 is 0 Å². The van der Waals surface area contributed by atoms with Crippen LogP contribution in [-0.2, 0) is 9.59 Å². The maximum absolute atomic E-state index is 10.8. The van der Waals surface area contributed by atoms with Crippen molar-refractivity contribution < 1.29 is 14.7 Å². The van der Waals surface area contributed by atoms with Crippen LogP contribution in [-0.4, -0.2) is 55.6 Å². The SMILES string of the molecule is CCCCCCCC/C=C\CCCCCCC[C](=O)[Na].CNCC(=O)O. The van der Waals surface area contributed by atoms with E-state index in [1.807, 2.05) is 0 Å². The van der Waals surface area contributed by atoms with Crippen molar-refractivity contribution in [1.29, 1.82) is 0 Å². The Labute approximate surface area is 179 Å². The standard InChI is InChI=1S/C18H33O.C3H7NO2.Na/c1-2-3-4-5-6-7-8-9-10-11-12-13-14-15-16-17-18-19;1-4-2-3(5)6;/h9-10H,2-8,11-17H2,1H3;4H,2H2,1H3,(H,5,6);/b10-9-;;. The molecule has 0 rings (SSSR count). The van der Waals surface area contributed by atoms with Crippen LogP contribution in [0.5, 0.6) is 0 Å². The topological polar surface area (TPSA) is 66.4 Å². The van der Waals surface area contributed by atoms with Gasteiger partial charge in [-0.15, -0.1) is 0 Å². The molecule has 0 aromatic rings. The Morgan fingerprint density at radius 1 is 0.846 bits per heavy atom. The van der Waals surface area contributed by atoms with Crippen molar-refractivity contribution in [3.8, 4) is 0 Å². The monoisotopic (exact) mass is 377 g/mol. The third-order valence-corrected chi connectivity index (χ3v) is 4.62. The largest absolute Gasteiger partial charge is 0.480 e. The Hall–Kier alpha value is -0.160. The minimum absolute atomic E-state index is 0.0417. The molecule has 0 spiro atoms. The molecule has 2 N–H and O–H groups in total. The molecule has 0 aliphatic carbocycles. The second-order valence-electron chi connectivity index (χ2n) is 6.96. The van der Waals surface area contributed by atoms with Crippen molar-refractivity contribution in [1.82, 2.24) is 5.32 Å². The molecule has 0 bridgehead atoms. The summed E-state index contributed by atoms with van der Waals surface area (Å²) in [5.41, 5.74) is 0. The second kappa shape index (κ2) is 24.8. The van der Waals surface area contributed by atoms with Crippen LogP contribution in [0.2, 0.25) is 0 Å². The molecule has 26 heavy (non-hydrogen) atoms. The molecule has 0 heterocycles. The Balaban J connectivity index is 0. The molecule has 148 valence electrons. The van der Waals surface area contributed by atoms with E-state index in [0.29, 0.717) is 3.03 Å². The van der Waals surface area contributed by atoms with Crippen molar-refractivity contribution in [2.45, 2.75) is 96.8 Å². The number of unbranched alkanes of at least 4 members (excludes halogenated alkanes) is 11. The van der Waals surface area contributed by atoms with Gasteiger partial charge < -0.3 is 10.4 Å². The molecule has 0 atom stereocenters. The molecular formula is C21H40NNaO3. The number of carboxylic acid groups (broad SMARTS) is 1. The van der Waals surface area contributed by atoms with E-state index in [9.17, 15) is 9.59 Å². The minimum Gasteiger partial charge on any atom is -0.480 e. The van der Waals surface area contributed by atoms with E-state index in [1.165, 1.54) is 77.0 Å². The number of carbonyl (C=O) groups excluding carboxylic acids is 1. The zero-order valence-corrected chi connectivity index (χ0v) is 19.5. The molecular weight excluding hydrogens is 337 g/mol. The van der Waals surface area contributed by atoms with Crippen LogP contribution in [0.15, 0.2) is 12.2 Å². The van der Waals surface area contributed by atoms with Gasteiger partial charge in [0.25, 0.3) is 0 Å². The number of hydrogen-bond acceptors (Lipinski definition) is 3. The maximum atomic E-state index is 10.8. The number of hydrogen-bond donors (Lipinski definition) is 2. The number of carbonyl (C=O) groups is 2. The summed E-state index contributed by atoms with van der Waals surface area (Å²) < 4.78 is 0.475. The fraction of sp³-hybridized carbons (Fsp3) is 0.810. The maximum Gasteiger partial charge on any atom is 0.317 e. The molecule has 5 heteroatoms. The summed E-state index contributed by atoms with van der Waals surface area (Å²) in [6, 6.07) is 0. The summed E-state index contributed by atoms with van der Waals surface area (Å²) in [5, 5.41) is 10.3. The number of rotatable bonds is 17. The van der Waals surface area contributed by atoms with E-state index in [-0.39, 0.29) is 6.54 Å². The first-order valence-electron chi connectivity index (χ1n) is 10.5. The van der Waals surface area contributed by atoms with E-state index < -0.39 is 5.97 Å². The Kier molecular flexibility index (Phi) is 26.8. The van der Waals surface area contributed by atoms with Crippen LogP contribution in [0, 0.1) is 0 Å². The van der Waals surface area contributed by atoms with Crippen molar-refractivity contribution in [3.63, 3.8) is 0 Å². The number of allylic oxidation sites excluding steroid dienone is 2. The molecule has 0 saturated heterocycles. The third-order valence-electron chi connectivity index (χ3n) is 4.12. The van der Waals surface area contributed by atoms with Gasteiger partial charge in [-0.1, -0.05) is 39.0 Å². The van der Waals surface area contributed by atoms with Gasteiger partial charge in [0.2, 0.25) is 0 Å². The van der Waals surface area contributed by atoms with E-state index in [4.69, 9.17) is 5.11 Å². The van der Waals surface area contributed by atoms with E-state index in [0.717, 1.165) is 40.8 Å². The van der Waals surface area contributed by atoms with E-state index in [2.05, 4.69) is 24.4 Å². The normalized spacial score (nSPS) is 10.6. The van der Waals surface area contributed by atoms with Gasteiger partial charge in [0.15, 0.2) is 0 Å². The molecule has 0 aromatic heterocycles. The number of aliphatic carboxylic acids is 1. The van der Waals surface area contributed by atoms with Crippen LogP contribution in [0.25, 0.3) is 0 Å². The fourth-order valence-corrected chi connectivity index (χ4v) is 2.95. The van der Waals surface area contributed by atoms with Gasteiger partial charge in [0.1, 0.15) is 0 Å². The van der Waals surface area contributed by atoms with Crippen LogP contribution in [0.1, 0.15) is 96.8 Å². The van der Waals surface area contributed by atoms with Gasteiger partial charge in [0, 0.05) is 0 Å². The quantitative estimate of drug-likeness (QED) is 0.212. The van der Waals surface area contributed by atoms with Crippen LogP contribution in [0.3, 0.4) is 0 Å². The molecule has 0 aliphatic rings. The first-order chi connectivity index (χ1) is 12.5. The first-order valence-corrected chi connectivity index (χ1v) is 11.5. The zero-order valence-electron chi connectivity index (χ0n) is 17.5. The Bertz CT molecular complexity index is 346. The average Bonchev–Trinajstić information content (AvgIpc) is 2.58. The van der Waals surface area contributed by atoms with Crippen molar-refractivity contribution in [2.75, 3.05) is 13.6 Å². The summed E-state index contributed by atoms with van der Waals surface area (Å²) >= 11 is 0.742. The third kappa shape index (κ3) is 31.6. The number of nitrogens with one attached hydrogen (secondary N) is 1. The van der Waals surface area contributed by atoms with E-state index >= 15 is 0 Å². The second-order valence-corrected chi connectivity index (χ2v) is 8.08. The molecule has 0 fully saturated rings. The van der Waals surface area contributed by atoms with Gasteiger partial charge in [0.05, 0.1) is 6.54 Å². The van der Waals surface area contributed by atoms with Gasteiger partial charge in [-0.05, 0) is 7.05 Å². The van der Waals surface area contributed by atoms with Gasteiger partial charge >= 0.3 is 112 Å². The number of likely N-dealkylation sites (N-methyl/N-ethyl adjacent to an activating group) is 1. The molecule has 0 aromatic carbocycles. The van der Waals surface area contributed by atoms with Gasteiger partial charge in [-0.25, -0.2) is 0 Å². The summed E-state index contributed by atoms with van der Waals surface area (Å²) in [6.07, 6.45) is 22.8. The van der Waals surface area contributed by atoms with Crippen LogP contribution < -0.4 is 5.32 Å². The summed E-state index contributed by atoms with van der Waals surface area (Å²) in [5.74, 6) is -0.822. The van der Waals surface area contributed by atoms with E-state index in [1.54, 1.807) is 7.05 Å². The predicted molar refractivity (Wildman–Crippen MR) is 112 cm³/mol. The van der Waals surface area contributed by atoms with Crippen molar-refractivity contribution in [3.05, 3.63) is 12.2 Å². The molecule has 4 nitrogen and oxygen atoms in total. The molecule has 0 unspecified atom stereocenters. The first kappa shape index (κ1) is 28.1. The summed E-state index contributed by atoms with van der Waals surface area (Å²) in [4.78, 5) is 20.4.